The molecule has 9 heteroatoms. The van der Waals surface area contributed by atoms with Gasteiger partial charge in [-0.25, -0.2) is 0 Å². The second kappa shape index (κ2) is 6.44. The van der Waals surface area contributed by atoms with Crippen LogP contribution in [0.5, 0.6) is 11.5 Å². The van der Waals surface area contributed by atoms with Crippen molar-refractivity contribution in [1.82, 2.24) is 4.31 Å². The Kier molecular flexibility index (Phi) is 5.17. The summed E-state index contributed by atoms with van der Waals surface area (Å²) in [6.07, 6.45) is -0.300. The van der Waals surface area contributed by atoms with Crippen LogP contribution in [0.15, 0.2) is 18.2 Å². The van der Waals surface area contributed by atoms with Crippen LogP contribution in [0, 0.1) is 0 Å². The number of nitrogens with zero attached hydrogens (tertiary/aromatic N) is 1. The Morgan fingerprint density at radius 1 is 1.45 bits per heavy atom. The number of phenolic OH excluding ortho intramolecular Hbond substituents is 1. The highest BCUT2D eigenvalue weighted by molar-refractivity contribution is 7.90. The number of aromatic hydroxyl groups is 1. The summed E-state index contributed by atoms with van der Waals surface area (Å²) in [4.78, 5) is 10.4. The van der Waals surface area contributed by atoms with Crippen molar-refractivity contribution in [3.63, 3.8) is 0 Å². The molecule has 0 unspecified atom stereocenters. The molecule has 0 spiro atoms. The number of hydrogen-bond donors (Lipinski definition) is 3. The van der Waals surface area contributed by atoms with Crippen LogP contribution in [0.4, 0.5) is 5.69 Å². The van der Waals surface area contributed by atoms with E-state index < -0.39 is 16.2 Å². The Morgan fingerprint density at radius 2 is 2.10 bits per heavy atom. The fourth-order valence-electron chi connectivity index (χ4n) is 1.35. The van der Waals surface area contributed by atoms with Crippen LogP contribution >= 0.6 is 0 Å². The SMILES string of the molecule is COc1ccc(NS(=O)(=O)N(C)CCC(=O)O)cc1O. The number of carboxylic acids is 1. The molecule has 1 rings (SSSR count). The van der Waals surface area contributed by atoms with Gasteiger partial charge in [0.1, 0.15) is 0 Å². The minimum atomic E-state index is -3.88. The van der Waals surface area contributed by atoms with E-state index in [9.17, 15) is 18.3 Å². The second-order valence-electron chi connectivity index (χ2n) is 3.96. The summed E-state index contributed by atoms with van der Waals surface area (Å²) in [7, 11) is -1.25. The first-order valence-corrected chi connectivity index (χ1v) is 7.03. The van der Waals surface area contributed by atoms with Crippen molar-refractivity contribution in [3.05, 3.63) is 18.2 Å². The number of carboxylic acid groups (broad SMARTS) is 1. The molecular weight excluding hydrogens is 288 g/mol. The normalized spacial score (nSPS) is 11.3. The lowest BCUT2D eigenvalue weighted by atomic mass is 10.3. The molecule has 0 aliphatic rings. The standard InChI is InChI=1S/C11H16N2O6S/c1-13(6-5-11(15)16)20(17,18)12-8-3-4-10(19-2)9(14)7-8/h3-4,7,12,14H,5-6H2,1-2H3,(H,15,16). The smallest absolute Gasteiger partial charge is 0.304 e. The number of rotatable bonds is 7. The maximum absolute atomic E-state index is 11.9. The van der Waals surface area contributed by atoms with Crippen LogP contribution in [-0.4, -0.2) is 49.6 Å². The average molecular weight is 304 g/mol. The van der Waals surface area contributed by atoms with Gasteiger partial charge in [-0.3, -0.25) is 9.52 Å². The van der Waals surface area contributed by atoms with Gasteiger partial charge >= 0.3 is 16.2 Å². The molecule has 0 aliphatic carbocycles. The molecule has 0 saturated carbocycles. The second-order valence-corrected chi connectivity index (χ2v) is 5.74. The van der Waals surface area contributed by atoms with E-state index in [-0.39, 0.29) is 30.2 Å². The Labute approximate surface area is 116 Å². The zero-order chi connectivity index (χ0) is 15.3. The van der Waals surface area contributed by atoms with Gasteiger partial charge in [-0.15, -0.1) is 0 Å². The molecule has 3 N–H and O–H groups in total. The monoisotopic (exact) mass is 304 g/mol. The van der Waals surface area contributed by atoms with Crippen molar-refractivity contribution in [2.24, 2.45) is 0 Å². The van der Waals surface area contributed by atoms with E-state index in [1.807, 2.05) is 0 Å². The maximum Gasteiger partial charge on any atom is 0.304 e. The first-order valence-electron chi connectivity index (χ1n) is 5.59. The summed E-state index contributed by atoms with van der Waals surface area (Å²) in [5, 5.41) is 18.1. The van der Waals surface area contributed by atoms with Gasteiger partial charge in [0.15, 0.2) is 11.5 Å². The molecule has 0 amide bonds. The van der Waals surface area contributed by atoms with Crippen molar-refractivity contribution in [1.29, 1.82) is 0 Å². The number of phenols is 1. The van der Waals surface area contributed by atoms with Gasteiger partial charge in [-0.1, -0.05) is 0 Å². The number of anilines is 1. The van der Waals surface area contributed by atoms with Gasteiger partial charge in [0, 0.05) is 19.7 Å². The fraction of sp³-hybridized carbons (Fsp3) is 0.364. The predicted molar refractivity (Wildman–Crippen MR) is 72.1 cm³/mol. The minimum absolute atomic E-state index is 0.144. The molecule has 1 aromatic rings. The van der Waals surface area contributed by atoms with Gasteiger partial charge in [0.2, 0.25) is 0 Å². The summed E-state index contributed by atoms with van der Waals surface area (Å²) in [6.45, 7) is -0.160. The number of methoxy groups -OCH3 is 1. The van der Waals surface area contributed by atoms with Gasteiger partial charge < -0.3 is 14.9 Å². The lowest BCUT2D eigenvalue weighted by molar-refractivity contribution is -0.137. The quantitative estimate of drug-likeness (QED) is 0.674. The summed E-state index contributed by atoms with van der Waals surface area (Å²) in [5.41, 5.74) is 0.144. The summed E-state index contributed by atoms with van der Waals surface area (Å²) >= 11 is 0. The molecule has 20 heavy (non-hydrogen) atoms. The van der Waals surface area contributed by atoms with E-state index in [0.717, 1.165) is 4.31 Å². The fourth-order valence-corrected chi connectivity index (χ4v) is 2.27. The molecule has 1 aromatic carbocycles. The van der Waals surface area contributed by atoms with Crippen LogP contribution in [0.2, 0.25) is 0 Å². The Hall–Kier alpha value is -2.00. The Morgan fingerprint density at radius 3 is 2.60 bits per heavy atom. The molecule has 0 atom stereocenters. The lowest BCUT2D eigenvalue weighted by Gasteiger charge is -2.17. The van der Waals surface area contributed by atoms with E-state index in [2.05, 4.69) is 4.72 Å². The van der Waals surface area contributed by atoms with Gasteiger partial charge in [-0.2, -0.15) is 12.7 Å². The van der Waals surface area contributed by atoms with Crippen LogP contribution in [-0.2, 0) is 15.0 Å². The lowest BCUT2D eigenvalue weighted by Crippen LogP contribution is -2.34. The summed E-state index contributed by atoms with van der Waals surface area (Å²) in [5.74, 6) is -1.08. The number of ether oxygens (including phenoxy) is 1. The third-order valence-corrected chi connectivity index (χ3v) is 3.97. The van der Waals surface area contributed by atoms with Gasteiger partial charge in [0.05, 0.1) is 19.2 Å². The Bertz CT molecular complexity index is 587. The third-order valence-electron chi connectivity index (χ3n) is 2.48. The number of aliphatic carboxylic acids is 1. The maximum atomic E-state index is 11.9. The molecule has 0 aromatic heterocycles. The average Bonchev–Trinajstić information content (AvgIpc) is 2.35. The molecule has 0 saturated heterocycles. The number of nitrogens with one attached hydrogen (secondary N) is 1. The number of carbonyl (C=O) groups is 1. The highest BCUT2D eigenvalue weighted by Gasteiger charge is 2.18. The molecule has 0 fully saturated rings. The van der Waals surface area contributed by atoms with Gasteiger partial charge in [-0.05, 0) is 12.1 Å². The van der Waals surface area contributed by atoms with Crippen LogP contribution < -0.4 is 9.46 Å². The van der Waals surface area contributed by atoms with Crippen molar-refractivity contribution in [2.45, 2.75) is 6.42 Å². The Balaban J connectivity index is 2.80. The predicted octanol–water partition coefficient (Wildman–Crippen LogP) is 0.464. The zero-order valence-electron chi connectivity index (χ0n) is 11.0. The molecule has 0 radical (unpaired) electrons. The highest BCUT2D eigenvalue weighted by Crippen LogP contribution is 2.29. The van der Waals surface area contributed by atoms with Crippen molar-refractivity contribution in [2.75, 3.05) is 25.4 Å². The molecule has 8 nitrogen and oxygen atoms in total. The molecular formula is C11H16N2O6S. The van der Waals surface area contributed by atoms with E-state index in [4.69, 9.17) is 9.84 Å². The molecule has 0 heterocycles. The molecule has 0 bridgehead atoms. The number of hydrogen-bond acceptors (Lipinski definition) is 5. The number of benzene rings is 1. The molecule has 112 valence electrons. The van der Waals surface area contributed by atoms with E-state index in [0.29, 0.717) is 0 Å². The van der Waals surface area contributed by atoms with Crippen molar-refractivity contribution >= 4 is 21.9 Å². The first-order chi connectivity index (χ1) is 9.26. The van der Waals surface area contributed by atoms with Gasteiger partial charge in [0.25, 0.3) is 0 Å². The van der Waals surface area contributed by atoms with E-state index >= 15 is 0 Å². The van der Waals surface area contributed by atoms with Crippen LogP contribution in [0.25, 0.3) is 0 Å². The molecule has 0 aliphatic heterocycles. The van der Waals surface area contributed by atoms with E-state index in [1.165, 1.54) is 32.4 Å². The minimum Gasteiger partial charge on any atom is -0.504 e. The highest BCUT2D eigenvalue weighted by atomic mass is 32.2. The van der Waals surface area contributed by atoms with Crippen molar-refractivity contribution < 1.29 is 28.2 Å². The summed E-state index contributed by atoms with van der Waals surface area (Å²) in [6, 6.07) is 4.02. The van der Waals surface area contributed by atoms with Crippen LogP contribution in [0.1, 0.15) is 6.42 Å². The first kappa shape index (κ1) is 16.1. The van der Waals surface area contributed by atoms with Crippen LogP contribution in [0.3, 0.4) is 0 Å². The topological polar surface area (TPSA) is 116 Å². The van der Waals surface area contributed by atoms with Crippen molar-refractivity contribution in [3.8, 4) is 11.5 Å². The largest absolute Gasteiger partial charge is 0.504 e. The van der Waals surface area contributed by atoms with E-state index in [1.54, 1.807) is 0 Å². The zero-order valence-corrected chi connectivity index (χ0v) is 11.8. The third kappa shape index (κ3) is 4.28. The summed E-state index contributed by atoms with van der Waals surface area (Å²) < 4.78 is 31.7.